The van der Waals surface area contributed by atoms with E-state index in [1.54, 1.807) is 23.4 Å². The molecule has 1 fully saturated rings. The molecule has 0 aliphatic carbocycles. The minimum atomic E-state index is -4.31. The van der Waals surface area contributed by atoms with E-state index >= 15 is 4.39 Å². The molecule has 1 N–H and O–H groups in total. The number of ether oxygens (including phenoxy) is 1. The Morgan fingerprint density at radius 3 is 2.36 bits per heavy atom. The lowest BCUT2D eigenvalue weighted by molar-refractivity contribution is 0.0501. The Labute approximate surface area is 293 Å². The van der Waals surface area contributed by atoms with Crippen LogP contribution in [0.15, 0.2) is 59.8 Å². The van der Waals surface area contributed by atoms with E-state index in [0.29, 0.717) is 17.8 Å². The Kier molecular flexibility index (Phi) is 9.31. The van der Waals surface area contributed by atoms with Gasteiger partial charge in [0.15, 0.2) is 0 Å². The Morgan fingerprint density at radius 2 is 1.72 bits per heavy atom. The number of aryl methyl sites for hydroxylation is 2. The Hall–Kier alpha value is -4.65. The molecule has 1 amide bonds. The maximum absolute atomic E-state index is 16.4. The van der Waals surface area contributed by atoms with Crippen LogP contribution in [0.2, 0.25) is 0 Å². The summed E-state index contributed by atoms with van der Waals surface area (Å²) in [5.41, 5.74) is 2.86. The lowest BCUT2D eigenvalue weighted by atomic mass is 9.87. The van der Waals surface area contributed by atoms with Gasteiger partial charge in [0.2, 0.25) is 11.8 Å². The first kappa shape index (κ1) is 35.2. The minimum Gasteiger partial charge on any atom is -0.473 e. The van der Waals surface area contributed by atoms with Crippen LogP contribution in [-0.4, -0.2) is 64.9 Å². The van der Waals surface area contributed by atoms with Crippen molar-refractivity contribution in [3.63, 3.8) is 0 Å². The van der Waals surface area contributed by atoms with Crippen LogP contribution in [-0.2, 0) is 16.6 Å². The fourth-order valence-electron chi connectivity index (χ4n) is 6.65. The number of aromatic nitrogens is 4. The van der Waals surface area contributed by atoms with Gasteiger partial charge in [0.25, 0.3) is 21.8 Å². The molecule has 0 spiro atoms. The van der Waals surface area contributed by atoms with Gasteiger partial charge in [-0.15, -0.1) is 0 Å². The van der Waals surface area contributed by atoms with Gasteiger partial charge in [-0.3, -0.25) is 4.79 Å². The molecule has 2 aromatic heterocycles. The molecule has 11 nitrogen and oxygen atoms in total. The topological polar surface area (TPSA) is 131 Å². The number of hydrogen-bond acceptors (Lipinski definition) is 9. The highest BCUT2D eigenvalue weighted by atomic mass is 32.2. The number of rotatable bonds is 5. The summed E-state index contributed by atoms with van der Waals surface area (Å²) in [4.78, 5) is 35.9. The first-order valence-electron chi connectivity index (χ1n) is 16.8. The van der Waals surface area contributed by atoms with Crippen LogP contribution in [0.25, 0.3) is 11.3 Å². The highest BCUT2D eigenvalue weighted by Gasteiger charge is 2.34. The molecule has 264 valence electrons. The quantitative estimate of drug-likeness (QED) is 0.246. The van der Waals surface area contributed by atoms with E-state index in [1.165, 1.54) is 18.2 Å². The molecule has 13 heteroatoms. The van der Waals surface area contributed by atoms with Crippen molar-refractivity contribution in [1.29, 1.82) is 0 Å². The minimum absolute atomic E-state index is 0.00903. The maximum Gasteiger partial charge on any atom is 0.264 e. The van der Waals surface area contributed by atoms with Gasteiger partial charge in [-0.1, -0.05) is 58.9 Å². The molecule has 2 aliphatic heterocycles. The van der Waals surface area contributed by atoms with Gasteiger partial charge < -0.3 is 14.5 Å². The van der Waals surface area contributed by atoms with Crippen LogP contribution in [0.5, 0.6) is 5.88 Å². The second-order valence-electron chi connectivity index (χ2n) is 15.3. The Morgan fingerprint density at radius 1 is 1.04 bits per heavy atom. The molecular weight excluding hydrogens is 658 g/mol. The number of hydrogen-bond donors (Lipinski definition) is 1. The van der Waals surface area contributed by atoms with Gasteiger partial charge in [0.05, 0.1) is 35.6 Å². The summed E-state index contributed by atoms with van der Waals surface area (Å²) < 4.78 is 52.3. The van der Waals surface area contributed by atoms with Crippen molar-refractivity contribution in [2.75, 3.05) is 29.3 Å². The molecule has 6 rings (SSSR count). The maximum atomic E-state index is 16.4. The number of sulfonamides is 1. The first-order valence-corrected chi connectivity index (χ1v) is 18.2. The molecule has 4 aromatic rings. The number of carbonyl (C=O) groups is 1. The van der Waals surface area contributed by atoms with Crippen LogP contribution in [0.1, 0.15) is 74.8 Å². The number of anilines is 2. The third kappa shape index (κ3) is 7.57. The summed E-state index contributed by atoms with van der Waals surface area (Å²) in [5, 5.41) is 0. The number of nitrogens with zero attached hydrogens (tertiary/aromatic N) is 6. The molecule has 2 aromatic carbocycles. The van der Waals surface area contributed by atoms with E-state index in [0.717, 1.165) is 36.3 Å². The molecule has 4 bridgehead atoms. The van der Waals surface area contributed by atoms with Gasteiger partial charge in [0.1, 0.15) is 18.1 Å². The normalized spacial score (nSPS) is 18.8. The number of amides is 1. The van der Waals surface area contributed by atoms with E-state index in [9.17, 15) is 13.2 Å². The number of fused-ring (bicyclic) bond motifs is 4. The Balaban J connectivity index is 1.45. The van der Waals surface area contributed by atoms with Crippen LogP contribution in [0, 0.1) is 30.5 Å². The van der Waals surface area contributed by atoms with Crippen LogP contribution < -0.4 is 14.4 Å². The van der Waals surface area contributed by atoms with Crippen molar-refractivity contribution in [3.05, 3.63) is 83.2 Å². The number of halogens is 1. The molecule has 2 aliphatic rings. The van der Waals surface area contributed by atoms with Gasteiger partial charge >= 0.3 is 0 Å². The van der Waals surface area contributed by atoms with Crippen LogP contribution in [0.4, 0.5) is 16.0 Å². The van der Waals surface area contributed by atoms with Gasteiger partial charge in [-0.25, -0.2) is 28.1 Å². The largest absolute Gasteiger partial charge is 0.473 e. The molecular formula is C37H44FN7O4S. The van der Waals surface area contributed by atoms with E-state index in [-0.39, 0.29) is 46.1 Å². The van der Waals surface area contributed by atoms with Crippen molar-refractivity contribution < 1.29 is 22.3 Å². The van der Waals surface area contributed by atoms with Crippen molar-refractivity contribution in [2.24, 2.45) is 10.8 Å². The van der Waals surface area contributed by atoms with E-state index in [2.05, 4.69) is 43.4 Å². The van der Waals surface area contributed by atoms with Gasteiger partial charge in [0, 0.05) is 24.2 Å². The smallest absolute Gasteiger partial charge is 0.264 e. The number of benzene rings is 2. The predicted octanol–water partition coefficient (Wildman–Crippen LogP) is 6.57. The third-order valence-corrected chi connectivity index (χ3v) is 10.5. The highest BCUT2D eigenvalue weighted by molar-refractivity contribution is 7.92. The SMILES string of the molecule is Cc1cccc(C)c1-c1nc2nc(c1F)OC[C@@H](CC(C)(C)C)N(Cc1ncc(N3CCC(C)(C)C3)cn1)C(=O)c1cccc(c1)S(=O)(=O)N2. The van der Waals surface area contributed by atoms with E-state index in [4.69, 9.17) is 4.74 Å². The standard InChI is InChI=1S/C37H44FN7O4S/c1-23-10-8-11-24(2)30(23)32-31(38)33-42-35(41-32)43-50(47,48)28-13-9-12-25(16-28)34(46)45(26(21-49-33)17-36(3,4)5)20-29-39-18-27(19-40-29)44-15-14-37(6,7)22-44/h8-13,16,18-19,26H,14-15,17,20-22H2,1-7H3,(H,41,42,43)/t26-/m1/s1. The predicted molar refractivity (Wildman–Crippen MR) is 190 cm³/mol. The zero-order chi connectivity index (χ0) is 36.0. The third-order valence-electron chi connectivity index (χ3n) is 9.16. The van der Waals surface area contributed by atoms with Gasteiger partial charge in [-0.05, 0) is 66.8 Å². The van der Waals surface area contributed by atoms with Crippen LogP contribution in [0.3, 0.4) is 0 Å². The van der Waals surface area contributed by atoms with E-state index in [1.807, 2.05) is 52.8 Å². The lowest BCUT2D eigenvalue weighted by Gasteiger charge is -2.35. The summed E-state index contributed by atoms with van der Waals surface area (Å²) >= 11 is 0. The molecule has 1 saturated heterocycles. The molecule has 1 atom stereocenters. The van der Waals surface area contributed by atoms with E-state index < -0.39 is 33.7 Å². The molecule has 0 saturated carbocycles. The Bertz CT molecular complexity index is 2010. The summed E-state index contributed by atoms with van der Waals surface area (Å²) in [6.45, 7) is 15.9. The zero-order valence-corrected chi connectivity index (χ0v) is 30.4. The zero-order valence-electron chi connectivity index (χ0n) is 29.6. The van der Waals surface area contributed by atoms with Crippen molar-refractivity contribution in [3.8, 4) is 17.1 Å². The van der Waals surface area contributed by atoms with Gasteiger partial charge in [-0.2, -0.15) is 9.37 Å². The summed E-state index contributed by atoms with van der Waals surface area (Å²) in [6.07, 6.45) is 5.07. The first-order chi connectivity index (χ1) is 23.5. The second-order valence-corrected chi connectivity index (χ2v) is 17.0. The summed E-state index contributed by atoms with van der Waals surface area (Å²) in [7, 11) is -4.31. The second kappa shape index (κ2) is 13.2. The number of nitrogens with one attached hydrogen (secondary N) is 1. The fourth-order valence-corrected chi connectivity index (χ4v) is 7.64. The average molecular weight is 702 g/mol. The molecule has 0 unspecified atom stereocenters. The van der Waals surface area contributed by atoms with Crippen molar-refractivity contribution >= 4 is 27.6 Å². The highest BCUT2D eigenvalue weighted by Crippen LogP contribution is 2.35. The summed E-state index contributed by atoms with van der Waals surface area (Å²) in [5.74, 6) is -1.65. The fraction of sp³-hybridized carbons (Fsp3) is 0.432. The average Bonchev–Trinajstić information content (AvgIpc) is 3.42. The van der Waals surface area contributed by atoms with Crippen molar-refractivity contribution in [1.82, 2.24) is 24.8 Å². The monoisotopic (exact) mass is 701 g/mol. The molecule has 4 heterocycles. The lowest BCUT2D eigenvalue weighted by Crippen LogP contribution is -2.45. The number of carbonyl (C=O) groups excluding carboxylic acids is 1. The van der Waals surface area contributed by atoms with Crippen molar-refractivity contribution in [2.45, 2.75) is 78.8 Å². The van der Waals surface area contributed by atoms with Crippen LogP contribution >= 0.6 is 0 Å². The molecule has 50 heavy (non-hydrogen) atoms. The molecule has 0 radical (unpaired) electrons. The summed E-state index contributed by atoms with van der Waals surface area (Å²) in [6, 6.07) is 10.7.